The lowest BCUT2D eigenvalue weighted by atomic mass is 10.1. The molecule has 4 aromatic rings. The van der Waals surface area contributed by atoms with Gasteiger partial charge >= 0.3 is 0 Å². The highest BCUT2D eigenvalue weighted by molar-refractivity contribution is 6.50. The fourth-order valence-corrected chi connectivity index (χ4v) is 3.25. The molecular weight excluding hydrogens is 384 g/mol. The van der Waals surface area contributed by atoms with Gasteiger partial charge in [0.15, 0.2) is 5.82 Å². The summed E-state index contributed by atoms with van der Waals surface area (Å²) in [4.78, 5) is 19.6. The van der Waals surface area contributed by atoms with Gasteiger partial charge in [0, 0.05) is 0 Å². The van der Waals surface area contributed by atoms with Gasteiger partial charge in [-0.1, -0.05) is 66.2 Å². The maximum atomic E-state index is 12.3. The van der Waals surface area contributed by atoms with Gasteiger partial charge in [-0.25, -0.2) is 4.98 Å². The molecule has 0 saturated heterocycles. The average molecular weight is 403 g/mol. The van der Waals surface area contributed by atoms with Crippen molar-refractivity contribution in [2.45, 2.75) is 13.5 Å². The number of para-hydroxylation sites is 1. The molecule has 4 nitrogen and oxygen atoms in total. The van der Waals surface area contributed by atoms with Crippen molar-refractivity contribution in [3.63, 3.8) is 0 Å². The maximum Gasteiger partial charge on any atom is 0.259 e. The molecule has 0 fully saturated rings. The molecule has 0 aliphatic carbocycles. The second-order valence-electron chi connectivity index (χ2n) is 6.72. The highest BCUT2D eigenvalue weighted by Crippen LogP contribution is 2.22. The highest BCUT2D eigenvalue weighted by Gasteiger charge is 2.08. The molecule has 0 amide bonds. The fourth-order valence-electron chi connectivity index (χ4n) is 3.03. The Bertz CT molecular complexity index is 1230. The van der Waals surface area contributed by atoms with E-state index in [1.54, 1.807) is 12.1 Å². The van der Waals surface area contributed by atoms with Crippen LogP contribution in [0.3, 0.4) is 0 Å². The second kappa shape index (κ2) is 8.33. The smallest absolute Gasteiger partial charge is 0.259 e. The Kier molecular flexibility index (Phi) is 5.45. The number of nitrogens with one attached hydrogen (secondary N) is 1. The zero-order chi connectivity index (χ0) is 20.2. The molecule has 3 aromatic carbocycles. The topological polar surface area (TPSA) is 55.0 Å². The summed E-state index contributed by atoms with van der Waals surface area (Å²) in [6, 6.07) is 23.1. The Morgan fingerprint density at radius 3 is 2.55 bits per heavy atom. The molecule has 0 spiro atoms. The molecule has 0 aliphatic heterocycles. The average Bonchev–Trinajstić information content (AvgIpc) is 2.74. The minimum Gasteiger partial charge on any atom is -0.489 e. The number of rotatable bonds is 5. The molecule has 1 heterocycles. The molecule has 1 aromatic heterocycles. The number of hydrogen-bond donors (Lipinski definition) is 1. The first kappa shape index (κ1) is 19.0. The van der Waals surface area contributed by atoms with Gasteiger partial charge in [-0.15, -0.1) is 0 Å². The number of aromatic nitrogens is 2. The summed E-state index contributed by atoms with van der Waals surface area (Å²) in [5.41, 5.74) is 3.38. The largest absolute Gasteiger partial charge is 0.489 e. The molecule has 144 valence electrons. The Morgan fingerprint density at radius 1 is 1.03 bits per heavy atom. The predicted octanol–water partition coefficient (Wildman–Crippen LogP) is 5.55. The first-order valence-electron chi connectivity index (χ1n) is 9.24. The van der Waals surface area contributed by atoms with Crippen LogP contribution in [0.2, 0.25) is 0 Å². The molecule has 0 bridgehead atoms. The third-order valence-electron chi connectivity index (χ3n) is 4.59. The third kappa shape index (κ3) is 4.39. The van der Waals surface area contributed by atoms with Crippen LogP contribution in [0.1, 0.15) is 22.5 Å². The molecule has 0 unspecified atom stereocenters. The van der Waals surface area contributed by atoms with Crippen molar-refractivity contribution in [1.82, 2.24) is 9.97 Å². The molecule has 0 radical (unpaired) electrons. The van der Waals surface area contributed by atoms with Crippen molar-refractivity contribution in [3.8, 4) is 5.75 Å². The summed E-state index contributed by atoms with van der Waals surface area (Å²) in [7, 11) is 0. The monoisotopic (exact) mass is 402 g/mol. The summed E-state index contributed by atoms with van der Waals surface area (Å²) in [5, 5.41) is 0.920. The third-order valence-corrected chi connectivity index (χ3v) is 4.87. The van der Waals surface area contributed by atoms with Gasteiger partial charge in [0.25, 0.3) is 5.56 Å². The molecule has 29 heavy (non-hydrogen) atoms. The number of aryl methyl sites for hydroxylation is 1. The summed E-state index contributed by atoms with van der Waals surface area (Å²) in [5.74, 6) is 1.12. The number of H-pyrrole nitrogens is 1. The summed E-state index contributed by atoms with van der Waals surface area (Å²) in [6.07, 6.45) is 1.77. The van der Waals surface area contributed by atoms with Crippen molar-refractivity contribution in [3.05, 3.63) is 106 Å². The lowest BCUT2D eigenvalue weighted by molar-refractivity contribution is 0.306. The van der Waals surface area contributed by atoms with E-state index < -0.39 is 0 Å². The van der Waals surface area contributed by atoms with Crippen LogP contribution in [0, 0.1) is 6.92 Å². The second-order valence-corrected chi connectivity index (χ2v) is 7.13. The van der Waals surface area contributed by atoms with E-state index in [1.807, 2.05) is 73.7 Å². The summed E-state index contributed by atoms with van der Waals surface area (Å²) < 4.78 is 5.80. The van der Waals surface area contributed by atoms with E-state index in [0.717, 1.165) is 22.4 Å². The minimum atomic E-state index is -0.204. The molecular formula is C24H19ClN2O2. The van der Waals surface area contributed by atoms with Crippen LogP contribution in [-0.2, 0) is 6.61 Å². The van der Waals surface area contributed by atoms with Crippen molar-refractivity contribution in [2.24, 2.45) is 0 Å². The summed E-state index contributed by atoms with van der Waals surface area (Å²) >= 11 is 6.44. The lowest BCUT2D eigenvalue weighted by Crippen LogP contribution is -2.11. The fraction of sp³-hybridized carbons (Fsp3) is 0.0833. The Hall–Kier alpha value is -3.37. The Balaban J connectivity index is 1.54. The normalized spacial score (nSPS) is 11.6. The van der Waals surface area contributed by atoms with Gasteiger partial charge in [0.2, 0.25) is 0 Å². The quantitative estimate of drug-likeness (QED) is 0.476. The first-order valence-corrected chi connectivity index (χ1v) is 9.62. The number of hydrogen-bond acceptors (Lipinski definition) is 3. The van der Waals surface area contributed by atoms with E-state index in [1.165, 1.54) is 0 Å². The van der Waals surface area contributed by atoms with Gasteiger partial charge in [-0.05, 0) is 47.9 Å². The number of aromatic amines is 1. The van der Waals surface area contributed by atoms with Crippen molar-refractivity contribution in [1.29, 1.82) is 0 Å². The first-order chi connectivity index (χ1) is 14.1. The van der Waals surface area contributed by atoms with Crippen LogP contribution in [0.4, 0.5) is 0 Å². The molecule has 0 aliphatic rings. The van der Waals surface area contributed by atoms with E-state index in [2.05, 4.69) is 9.97 Å². The zero-order valence-electron chi connectivity index (χ0n) is 15.9. The number of fused-ring (bicyclic) bond motifs is 1. The zero-order valence-corrected chi connectivity index (χ0v) is 16.6. The van der Waals surface area contributed by atoms with Crippen molar-refractivity contribution < 1.29 is 4.74 Å². The Morgan fingerprint density at radius 2 is 1.79 bits per heavy atom. The van der Waals surface area contributed by atoms with Crippen LogP contribution in [0.5, 0.6) is 5.75 Å². The standard InChI is InChI=1S/C24H19ClN2O2/c1-16-6-5-9-20-22(16)26-23(27-24(20)28)21(25)14-17-10-12-19(13-11-17)29-15-18-7-3-2-4-8-18/h2-14H,15H2,1H3,(H,26,27,28). The Labute approximate surface area is 173 Å². The van der Waals surface area contributed by atoms with Gasteiger partial charge < -0.3 is 9.72 Å². The molecule has 0 atom stereocenters. The van der Waals surface area contributed by atoms with Crippen molar-refractivity contribution >= 4 is 33.6 Å². The van der Waals surface area contributed by atoms with Crippen LogP contribution in [-0.4, -0.2) is 9.97 Å². The van der Waals surface area contributed by atoms with Crippen LogP contribution in [0.15, 0.2) is 77.6 Å². The van der Waals surface area contributed by atoms with Crippen LogP contribution >= 0.6 is 11.6 Å². The number of ether oxygens (including phenoxy) is 1. The van der Waals surface area contributed by atoms with Crippen molar-refractivity contribution in [2.75, 3.05) is 0 Å². The molecule has 5 heteroatoms. The van der Waals surface area contributed by atoms with E-state index >= 15 is 0 Å². The van der Waals surface area contributed by atoms with Crippen LogP contribution < -0.4 is 10.3 Å². The minimum absolute atomic E-state index is 0.204. The van der Waals surface area contributed by atoms with E-state index in [9.17, 15) is 4.79 Å². The molecule has 4 rings (SSSR count). The molecule has 0 saturated carbocycles. The van der Waals surface area contributed by atoms with Gasteiger partial charge in [0.05, 0.1) is 15.9 Å². The molecule has 1 N–H and O–H groups in total. The maximum absolute atomic E-state index is 12.3. The summed E-state index contributed by atoms with van der Waals surface area (Å²) in [6.45, 7) is 2.43. The number of benzene rings is 3. The predicted molar refractivity (Wildman–Crippen MR) is 118 cm³/mol. The van der Waals surface area contributed by atoms with Gasteiger partial charge in [-0.2, -0.15) is 0 Å². The number of nitrogens with zero attached hydrogens (tertiary/aromatic N) is 1. The van der Waals surface area contributed by atoms with E-state index in [0.29, 0.717) is 28.4 Å². The highest BCUT2D eigenvalue weighted by atomic mass is 35.5. The lowest BCUT2D eigenvalue weighted by Gasteiger charge is -2.07. The number of halogens is 1. The SMILES string of the molecule is Cc1cccc2c(=O)[nH]c(C(Cl)=Cc3ccc(OCc4ccccc4)cc3)nc12. The van der Waals surface area contributed by atoms with Gasteiger partial charge in [0.1, 0.15) is 12.4 Å². The van der Waals surface area contributed by atoms with E-state index in [-0.39, 0.29) is 5.56 Å². The van der Waals surface area contributed by atoms with Gasteiger partial charge in [-0.3, -0.25) is 4.79 Å². The van der Waals surface area contributed by atoms with E-state index in [4.69, 9.17) is 16.3 Å². The van der Waals surface area contributed by atoms with Crippen LogP contribution in [0.25, 0.3) is 22.0 Å².